The van der Waals surface area contributed by atoms with Gasteiger partial charge in [0.15, 0.2) is 0 Å². The van der Waals surface area contributed by atoms with E-state index in [1.807, 2.05) is 26.2 Å². The number of aliphatic hydroxyl groups is 1. The van der Waals surface area contributed by atoms with Crippen molar-refractivity contribution in [2.24, 2.45) is 0 Å². The number of alkyl halides is 2. The summed E-state index contributed by atoms with van der Waals surface area (Å²) in [5.74, 6) is 0. The van der Waals surface area contributed by atoms with Crippen LogP contribution in [-0.2, 0) is 11.8 Å². The van der Waals surface area contributed by atoms with Crippen molar-refractivity contribution >= 4 is 11.3 Å². The van der Waals surface area contributed by atoms with Gasteiger partial charge in [0.25, 0.3) is 6.43 Å². The van der Waals surface area contributed by atoms with Gasteiger partial charge in [-0.2, -0.15) is 0 Å². The van der Waals surface area contributed by atoms with Crippen LogP contribution in [0.1, 0.15) is 31.5 Å². The second-order valence-electron chi connectivity index (χ2n) is 4.48. The average molecular weight is 235 g/mol. The topological polar surface area (TPSA) is 33.1 Å². The summed E-state index contributed by atoms with van der Waals surface area (Å²) < 4.78 is 24.2. The van der Waals surface area contributed by atoms with Crippen molar-refractivity contribution in [2.45, 2.75) is 45.1 Å². The number of hydrogen-bond acceptors (Lipinski definition) is 3. The molecule has 1 aromatic heterocycles. The van der Waals surface area contributed by atoms with Crippen LogP contribution in [0.15, 0.2) is 5.38 Å². The van der Waals surface area contributed by atoms with E-state index in [0.29, 0.717) is 5.01 Å². The summed E-state index contributed by atoms with van der Waals surface area (Å²) in [5, 5.41) is 11.4. The minimum Gasteiger partial charge on any atom is -0.387 e. The number of nitrogens with zero attached hydrogens (tertiary/aromatic N) is 1. The molecule has 1 rings (SSSR count). The summed E-state index contributed by atoms with van der Waals surface area (Å²) in [6, 6.07) is 0. The second kappa shape index (κ2) is 4.53. The molecule has 0 aliphatic carbocycles. The molecule has 0 aliphatic heterocycles. The molecule has 0 bridgehead atoms. The maximum absolute atomic E-state index is 12.1. The van der Waals surface area contributed by atoms with Gasteiger partial charge in [-0.05, 0) is 0 Å². The van der Waals surface area contributed by atoms with Crippen LogP contribution in [0.5, 0.6) is 0 Å². The van der Waals surface area contributed by atoms with E-state index in [2.05, 4.69) is 4.98 Å². The summed E-state index contributed by atoms with van der Waals surface area (Å²) in [7, 11) is 0. The molecule has 0 aromatic carbocycles. The number of rotatable bonds is 3. The van der Waals surface area contributed by atoms with Crippen LogP contribution in [0.3, 0.4) is 0 Å². The molecule has 1 heterocycles. The average Bonchev–Trinajstić information content (AvgIpc) is 2.51. The minimum absolute atomic E-state index is 0.0710. The molecule has 0 saturated heterocycles. The second-order valence-corrected chi connectivity index (χ2v) is 5.43. The van der Waals surface area contributed by atoms with Crippen LogP contribution in [0.25, 0.3) is 0 Å². The molecule has 0 spiro atoms. The van der Waals surface area contributed by atoms with Crippen molar-refractivity contribution in [3.63, 3.8) is 0 Å². The Bertz CT molecular complexity index is 319. The Morgan fingerprint density at radius 1 is 1.47 bits per heavy atom. The molecule has 1 atom stereocenters. The van der Waals surface area contributed by atoms with Gasteiger partial charge in [-0.25, -0.2) is 13.8 Å². The molecule has 1 N–H and O–H groups in total. The quantitative estimate of drug-likeness (QED) is 0.873. The SMILES string of the molecule is CC(C)(C)c1csc(CC(O)C(F)F)n1. The Hall–Kier alpha value is -0.550. The van der Waals surface area contributed by atoms with Crippen molar-refractivity contribution in [3.8, 4) is 0 Å². The summed E-state index contributed by atoms with van der Waals surface area (Å²) in [6.07, 6.45) is -4.38. The van der Waals surface area contributed by atoms with E-state index >= 15 is 0 Å². The molecule has 1 aromatic rings. The van der Waals surface area contributed by atoms with Gasteiger partial charge < -0.3 is 5.11 Å². The Kier molecular flexibility index (Phi) is 3.78. The summed E-state index contributed by atoms with van der Waals surface area (Å²) in [4.78, 5) is 4.23. The fourth-order valence-corrected chi connectivity index (χ4v) is 2.09. The lowest BCUT2D eigenvalue weighted by atomic mass is 9.93. The first kappa shape index (κ1) is 12.5. The Labute approximate surface area is 92.0 Å². The number of aliphatic hydroxyl groups excluding tert-OH is 1. The van der Waals surface area contributed by atoms with E-state index in [1.54, 1.807) is 0 Å². The standard InChI is InChI=1S/C10H15F2NOS/c1-10(2,3)7-5-15-8(13-7)4-6(14)9(11)12/h5-6,9,14H,4H2,1-3H3. The lowest BCUT2D eigenvalue weighted by Gasteiger charge is -2.14. The summed E-state index contributed by atoms with van der Waals surface area (Å²) in [5.41, 5.74) is 0.800. The number of hydrogen-bond donors (Lipinski definition) is 1. The molecular weight excluding hydrogens is 220 g/mol. The van der Waals surface area contributed by atoms with E-state index in [0.717, 1.165) is 5.69 Å². The van der Waals surface area contributed by atoms with E-state index < -0.39 is 12.5 Å². The van der Waals surface area contributed by atoms with E-state index in [9.17, 15) is 8.78 Å². The third kappa shape index (κ3) is 3.50. The number of thiazole rings is 1. The molecule has 0 fully saturated rings. The van der Waals surface area contributed by atoms with Gasteiger partial charge in [-0.3, -0.25) is 0 Å². The van der Waals surface area contributed by atoms with Crippen molar-refractivity contribution in [2.75, 3.05) is 0 Å². The molecule has 0 radical (unpaired) electrons. The monoisotopic (exact) mass is 235 g/mol. The lowest BCUT2D eigenvalue weighted by Crippen LogP contribution is -2.20. The van der Waals surface area contributed by atoms with Crippen LogP contribution >= 0.6 is 11.3 Å². The predicted octanol–water partition coefficient (Wildman–Crippen LogP) is 2.61. The smallest absolute Gasteiger partial charge is 0.264 e. The first-order chi connectivity index (χ1) is 6.80. The molecule has 2 nitrogen and oxygen atoms in total. The van der Waals surface area contributed by atoms with E-state index in [1.165, 1.54) is 11.3 Å². The van der Waals surface area contributed by atoms with Crippen molar-refractivity contribution in [1.82, 2.24) is 4.98 Å². The van der Waals surface area contributed by atoms with Crippen LogP contribution in [-0.4, -0.2) is 22.6 Å². The molecule has 0 saturated carbocycles. The normalized spacial score (nSPS) is 14.6. The van der Waals surface area contributed by atoms with Crippen LogP contribution in [0.4, 0.5) is 8.78 Å². The van der Waals surface area contributed by atoms with Gasteiger partial charge in [-0.15, -0.1) is 11.3 Å². The van der Waals surface area contributed by atoms with Crippen LogP contribution in [0.2, 0.25) is 0 Å². The molecule has 0 amide bonds. The van der Waals surface area contributed by atoms with E-state index in [-0.39, 0.29) is 11.8 Å². The highest BCUT2D eigenvalue weighted by Crippen LogP contribution is 2.24. The zero-order valence-corrected chi connectivity index (χ0v) is 9.81. The van der Waals surface area contributed by atoms with Gasteiger partial charge in [0.2, 0.25) is 0 Å². The van der Waals surface area contributed by atoms with Gasteiger partial charge in [0, 0.05) is 17.2 Å². The largest absolute Gasteiger partial charge is 0.387 e. The molecule has 15 heavy (non-hydrogen) atoms. The number of halogens is 2. The summed E-state index contributed by atoms with van der Waals surface area (Å²) >= 11 is 1.32. The third-order valence-corrected chi connectivity index (χ3v) is 2.87. The number of aromatic nitrogens is 1. The Balaban J connectivity index is 2.69. The third-order valence-electron chi connectivity index (χ3n) is 1.99. The predicted molar refractivity (Wildman–Crippen MR) is 56.5 cm³/mol. The molecule has 1 unspecified atom stereocenters. The Morgan fingerprint density at radius 3 is 2.47 bits per heavy atom. The van der Waals surface area contributed by atoms with Crippen LogP contribution < -0.4 is 0 Å². The molecular formula is C10H15F2NOS. The van der Waals surface area contributed by atoms with Gasteiger partial charge >= 0.3 is 0 Å². The first-order valence-corrected chi connectivity index (χ1v) is 5.60. The van der Waals surface area contributed by atoms with E-state index in [4.69, 9.17) is 5.11 Å². The fraction of sp³-hybridized carbons (Fsp3) is 0.700. The molecule has 0 aliphatic rings. The van der Waals surface area contributed by atoms with Gasteiger partial charge in [0.1, 0.15) is 6.10 Å². The molecule has 5 heteroatoms. The van der Waals surface area contributed by atoms with Gasteiger partial charge in [0.05, 0.1) is 10.7 Å². The van der Waals surface area contributed by atoms with Crippen molar-refractivity contribution in [1.29, 1.82) is 0 Å². The zero-order chi connectivity index (χ0) is 11.6. The highest BCUT2D eigenvalue weighted by molar-refractivity contribution is 7.09. The van der Waals surface area contributed by atoms with Crippen LogP contribution in [0, 0.1) is 0 Å². The maximum atomic E-state index is 12.1. The first-order valence-electron chi connectivity index (χ1n) is 4.72. The highest BCUT2D eigenvalue weighted by Gasteiger charge is 2.21. The van der Waals surface area contributed by atoms with Crippen molar-refractivity contribution < 1.29 is 13.9 Å². The highest BCUT2D eigenvalue weighted by atomic mass is 32.1. The molecule has 86 valence electrons. The minimum atomic E-state index is -2.70. The Morgan fingerprint density at radius 2 is 2.07 bits per heavy atom. The van der Waals surface area contributed by atoms with Crippen molar-refractivity contribution in [3.05, 3.63) is 16.1 Å². The van der Waals surface area contributed by atoms with Gasteiger partial charge in [-0.1, -0.05) is 20.8 Å². The fourth-order valence-electron chi connectivity index (χ4n) is 1.02. The maximum Gasteiger partial charge on any atom is 0.264 e. The summed E-state index contributed by atoms with van der Waals surface area (Å²) in [6.45, 7) is 6.03. The lowest BCUT2D eigenvalue weighted by molar-refractivity contribution is -0.00370. The zero-order valence-electron chi connectivity index (χ0n) is 9.00.